The van der Waals surface area contributed by atoms with Crippen molar-refractivity contribution in [2.45, 2.75) is 46.5 Å². The molecule has 1 atom stereocenters. The molecular weight excluding hydrogens is 174 g/mol. The van der Waals surface area contributed by atoms with Crippen molar-refractivity contribution in [3.05, 3.63) is 0 Å². The number of hydrogen-bond donors (Lipinski definition) is 1. The summed E-state index contributed by atoms with van der Waals surface area (Å²) in [6.07, 6.45) is 4.76. The van der Waals surface area contributed by atoms with Crippen molar-refractivity contribution in [2.24, 2.45) is 5.41 Å². The van der Waals surface area contributed by atoms with Crippen LogP contribution < -0.4 is 0 Å². The van der Waals surface area contributed by atoms with Crippen molar-refractivity contribution >= 4 is 0 Å². The van der Waals surface area contributed by atoms with Gasteiger partial charge in [0.15, 0.2) is 0 Å². The SMILES string of the molecule is CCCCN(C)CC(C)(CO)CCC. The van der Waals surface area contributed by atoms with Gasteiger partial charge < -0.3 is 10.0 Å². The van der Waals surface area contributed by atoms with Crippen molar-refractivity contribution in [1.82, 2.24) is 4.90 Å². The second-order valence-corrected chi connectivity index (χ2v) is 4.81. The molecular formula is C12H27NO. The molecule has 0 amide bonds. The third-order valence-corrected chi connectivity index (χ3v) is 2.78. The standard InChI is InChI=1S/C12H27NO/c1-5-7-9-13(4)10-12(3,11-14)8-6-2/h14H,5-11H2,1-4H3. The van der Waals surface area contributed by atoms with E-state index in [0.717, 1.165) is 25.9 Å². The fourth-order valence-electron chi connectivity index (χ4n) is 1.97. The van der Waals surface area contributed by atoms with Gasteiger partial charge in [-0.2, -0.15) is 0 Å². The molecule has 0 heterocycles. The fourth-order valence-corrected chi connectivity index (χ4v) is 1.97. The van der Waals surface area contributed by atoms with Gasteiger partial charge in [-0.25, -0.2) is 0 Å². The second kappa shape index (κ2) is 7.24. The Morgan fingerprint density at radius 2 is 1.86 bits per heavy atom. The van der Waals surface area contributed by atoms with Crippen molar-refractivity contribution in [2.75, 3.05) is 26.7 Å². The number of rotatable bonds is 8. The van der Waals surface area contributed by atoms with Gasteiger partial charge in [0.25, 0.3) is 0 Å². The van der Waals surface area contributed by atoms with Crippen LogP contribution in [0.4, 0.5) is 0 Å². The lowest BCUT2D eigenvalue weighted by Crippen LogP contribution is -2.36. The van der Waals surface area contributed by atoms with Crippen molar-refractivity contribution < 1.29 is 5.11 Å². The molecule has 14 heavy (non-hydrogen) atoms. The number of unbranched alkanes of at least 4 members (excludes halogenated alkanes) is 1. The van der Waals surface area contributed by atoms with E-state index in [1.54, 1.807) is 0 Å². The van der Waals surface area contributed by atoms with Crippen LogP contribution in [0.25, 0.3) is 0 Å². The molecule has 0 aromatic heterocycles. The summed E-state index contributed by atoms with van der Waals surface area (Å²) in [6, 6.07) is 0. The Labute approximate surface area is 89.3 Å². The van der Waals surface area contributed by atoms with Gasteiger partial charge in [-0.3, -0.25) is 0 Å². The Bertz CT molecular complexity index is 138. The number of aliphatic hydroxyl groups excluding tert-OH is 1. The minimum atomic E-state index is 0.0945. The van der Waals surface area contributed by atoms with E-state index >= 15 is 0 Å². The van der Waals surface area contributed by atoms with E-state index in [1.165, 1.54) is 12.8 Å². The summed E-state index contributed by atoms with van der Waals surface area (Å²) in [4.78, 5) is 2.34. The Morgan fingerprint density at radius 1 is 1.21 bits per heavy atom. The van der Waals surface area contributed by atoms with Crippen molar-refractivity contribution in [3.63, 3.8) is 0 Å². The van der Waals surface area contributed by atoms with Gasteiger partial charge in [0.2, 0.25) is 0 Å². The van der Waals surface area contributed by atoms with Gasteiger partial charge in [-0.05, 0) is 26.4 Å². The van der Waals surface area contributed by atoms with Crippen molar-refractivity contribution in [1.29, 1.82) is 0 Å². The van der Waals surface area contributed by atoms with E-state index in [1.807, 2.05) is 0 Å². The highest BCUT2D eigenvalue weighted by Gasteiger charge is 2.23. The summed E-state index contributed by atoms with van der Waals surface area (Å²) in [6.45, 7) is 9.04. The summed E-state index contributed by atoms with van der Waals surface area (Å²) in [7, 11) is 2.15. The van der Waals surface area contributed by atoms with E-state index < -0.39 is 0 Å². The summed E-state index contributed by atoms with van der Waals surface area (Å²) in [5.41, 5.74) is 0.0945. The van der Waals surface area contributed by atoms with Crippen LogP contribution in [0.1, 0.15) is 46.5 Å². The molecule has 0 aliphatic heterocycles. The summed E-state index contributed by atoms with van der Waals surface area (Å²) < 4.78 is 0. The molecule has 0 bridgehead atoms. The van der Waals surface area contributed by atoms with Crippen LogP contribution in [0.3, 0.4) is 0 Å². The number of aliphatic hydroxyl groups is 1. The number of nitrogens with zero attached hydrogens (tertiary/aromatic N) is 1. The molecule has 86 valence electrons. The Balaban J connectivity index is 3.89. The van der Waals surface area contributed by atoms with Crippen LogP contribution in [-0.4, -0.2) is 36.8 Å². The van der Waals surface area contributed by atoms with E-state index in [0.29, 0.717) is 6.61 Å². The predicted molar refractivity (Wildman–Crippen MR) is 62.5 cm³/mol. The first kappa shape index (κ1) is 13.9. The van der Waals surface area contributed by atoms with Crippen LogP contribution in [0.5, 0.6) is 0 Å². The average molecular weight is 201 g/mol. The first-order chi connectivity index (χ1) is 6.58. The third-order valence-electron chi connectivity index (χ3n) is 2.78. The lowest BCUT2D eigenvalue weighted by Gasteiger charge is -2.32. The Kier molecular flexibility index (Phi) is 7.20. The van der Waals surface area contributed by atoms with E-state index in [9.17, 15) is 5.11 Å². The lowest BCUT2D eigenvalue weighted by atomic mass is 9.86. The maximum Gasteiger partial charge on any atom is 0.0497 e. The summed E-state index contributed by atoms with van der Waals surface area (Å²) in [5.74, 6) is 0. The average Bonchev–Trinajstić information content (AvgIpc) is 2.15. The molecule has 0 aromatic carbocycles. The van der Waals surface area contributed by atoms with Gasteiger partial charge in [-0.15, -0.1) is 0 Å². The minimum Gasteiger partial charge on any atom is -0.396 e. The quantitative estimate of drug-likeness (QED) is 0.652. The Morgan fingerprint density at radius 3 is 2.29 bits per heavy atom. The molecule has 0 saturated carbocycles. The van der Waals surface area contributed by atoms with Gasteiger partial charge >= 0.3 is 0 Å². The van der Waals surface area contributed by atoms with Crippen LogP contribution in [0.15, 0.2) is 0 Å². The van der Waals surface area contributed by atoms with Crippen LogP contribution in [0, 0.1) is 5.41 Å². The van der Waals surface area contributed by atoms with Gasteiger partial charge in [0.1, 0.15) is 0 Å². The summed E-state index contributed by atoms with van der Waals surface area (Å²) >= 11 is 0. The Hall–Kier alpha value is -0.0800. The molecule has 0 fully saturated rings. The van der Waals surface area contributed by atoms with Crippen molar-refractivity contribution in [3.8, 4) is 0 Å². The van der Waals surface area contributed by atoms with Crippen LogP contribution in [0.2, 0.25) is 0 Å². The molecule has 0 radical (unpaired) electrons. The molecule has 1 N–H and O–H groups in total. The first-order valence-corrected chi connectivity index (χ1v) is 5.87. The van der Waals surface area contributed by atoms with Gasteiger partial charge in [0.05, 0.1) is 0 Å². The van der Waals surface area contributed by atoms with Crippen LogP contribution >= 0.6 is 0 Å². The lowest BCUT2D eigenvalue weighted by molar-refractivity contribution is 0.0899. The smallest absolute Gasteiger partial charge is 0.0497 e. The monoisotopic (exact) mass is 201 g/mol. The van der Waals surface area contributed by atoms with E-state index in [2.05, 4.69) is 32.7 Å². The van der Waals surface area contributed by atoms with E-state index in [-0.39, 0.29) is 5.41 Å². The zero-order valence-electron chi connectivity index (χ0n) is 10.3. The molecule has 0 saturated heterocycles. The van der Waals surface area contributed by atoms with Gasteiger partial charge in [-0.1, -0.05) is 33.6 Å². The molecule has 0 aromatic rings. The molecule has 0 spiro atoms. The van der Waals surface area contributed by atoms with Gasteiger partial charge in [0, 0.05) is 18.6 Å². The summed E-state index contributed by atoms with van der Waals surface area (Å²) in [5, 5.41) is 9.36. The highest BCUT2D eigenvalue weighted by molar-refractivity contribution is 4.76. The zero-order valence-corrected chi connectivity index (χ0v) is 10.3. The molecule has 2 heteroatoms. The normalized spacial score (nSPS) is 15.9. The van der Waals surface area contributed by atoms with Crippen LogP contribution in [-0.2, 0) is 0 Å². The topological polar surface area (TPSA) is 23.5 Å². The highest BCUT2D eigenvalue weighted by Crippen LogP contribution is 2.23. The first-order valence-electron chi connectivity index (χ1n) is 5.87. The fraction of sp³-hybridized carbons (Fsp3) is 1.00. The molecule has 1 unspecified atom stereocenters. The minimum absolute atomic E-state index is 0.0945. The van der Waals surface area contributed by atoms with E-state index in [4.69, 9.17) is 0 Å². The molecule has 0 aliphatic rings. The second-order valence-electron chi connectivity index (χ2n) is 4.81. The number of hydrogen-bond acceptors (Lipinski definition) is 2. The predicted octanol–water partition coefficient (Wildman–Crippen LogP) is 2.52. The largest absolute Gasteiger partial charge is 0.396 e. The molecule has 0 rings (SSSR count). The third kappa shape index (κ3) is 5.61. The zero-order chi connectivity index (χ0) is 11.0. The molecule has 2 nitrogen and oxygen atoms in total. The maximum atomic E-state index is 9.36. The highest BCUT2D eigenvalue weighted by atomic mass is 16.3. The molecule has 0 aliphatic carbocycles. The maximum absolute atomic E-state index is 9.36.